The van der Waals surface area contributed by atoms with Gasteiger partial charge in [-0.2, -0.15) is 0 Å². The molecular formula is C17H19N3O. The zero-order chi connectivity index (χ0) is 14.8. The van der Waals surface area contributed by atoms with E-state index in [4.69, 9.17) is 5.73 Å². The first-order valence-electron chi connectivity index (χ1n) is 7.24. The minimum atomic E-state index is -0.156. The number of nitrogen functional groups attached to an aromatic ring is 1. The van der Waals surface area contributed by atoms with E-state index in [-0.39, 0.29) is 6.03 Å². The topological polar surface area (TPSA) is 67.2 Å². The van der Waals surface area contributed by atoms with E-state index in [1.807, 2.05) is 31.2 Å². The van der Waals surface area contributed by atoms with Crippen molar-refractivity contribution in [3.63, 3.8) is 0 Å². The van der Waals surface area contributed by atoms with Gasteiger partial charge in [-0.1, -0.05) is 19.1 Å². The van der Waals surface area contributed by atoms with Crippen LogP contribution in [-0.4, -0.2) is 12.6 Å². The summed E-state index contributed by atoms with van der Waals surface area (Å²) in [5.41, 5.74) is 12.4. The van der Waals surface area contributed by atoms with Crippen molar-refractivity contribution in [1.82, 2.24) is 5.32 Å². The van der Waals surface area contributed by atoms with Crippen LogP contribution in [0.25, 0.3) is 11.1 Å². The van der Waals surface area contributed by atoms with Crippen LogP contribution in [0.1, 0.15) is 24.5 Å². The van der Waals surface area contributed by atoms with Gasteiger partial charge in [0.05, 0.1) is 0 Å². The minimum Gasteiger partial charge on any atom is -0.399 e. The van der Waals surface area contributed by atoms with Gasteiger partial charge in [0.25, 0.3) is 0 Å². The summed E-state index contributed by atoms with van der Waals surface area (Å²) in [5.74, 6) is 0. The normalized spacial score (nSPS) is 11.7. The lowest BCUT2D eigenvalue weighted by molar-refractivity contribution is 0.252. The zero-order valence-electron chi connectivity index (χ0n) is 12.1. The molecule has 1 aliphatic rings. The van der Waals surface area contributed by atoms with Crippen LogP contribution < -0.4 is 16.4 Å². The molecule has 0 saturated heterocycles. The molecule has 0 saturated carbocycles. The molecule has 2 aromatic carbocycles. The van der Waals surface area contributed by atoms with Crippen LogP contribution in [0, 0.1) is 0 Å². The molecule has 0 bridgehead atoms. The number of carbonyl (C=O) groups excluding carboxylic acids is 1. The first-order valence-corrected chi connectivity index (χ1v) is 7.24. The Morgan fingerprint density at radius 3 is 2.62 bits per heavy atom. The van der Waals surface area contributed by atoms with Crippen molar-refractivity contribution in [1.29, 1.82) is 0 Å². The Hall–Kier alpha value is -2.49. The fourth-order valence-corrected chi connectivity index (χ4v) is 2.72. The molecule has 0 radical (unpaired) electrons. The van der Waals surface area contributed by atoms with Crippen molar-refractivity contribution < 1.29 is 4.79 Å². The summed E-state index contributed by atoms with van der Waals surface area (Å²) in [4.78, 5) is 11.7. The van der Waals surface area contributed by atoms with Crippen LogP contribution in [0.3, 0.4) is 0 Å². The summed E-state index contributed by atoms with van der Waals surface area (Å²) < 4.78 is 0. The molecule has 4 nitrogen and oxygen atoms in total. The predicted octanol–water partition coefficient (Wildman–Crippen LogP) is 3.37. The van der Waals surface area contributed by atoms with Gasteiger partial charge in [-0.25, -0.2) is 4.79 Å². The van der Waals surface area contributed by atoms with Gasteiger partial charge >= 0.3 is 6.03 Å². The van der Waals surface area contributed by atoms with E-state index in [2.05, 4.69) is 22.8 Å². The zero-order valence-corrected chi connectivity index (χ0v) is 12.1. The van der Waals surface area contributed by atoms with Gasteiger partial charge in [0.1, 0.15) is 0 Å². The molecule has 108 valence electrons. The number of benzene rings is 2. The van der Waals surface area contributed by atoms with Gasteiger partial charge in [-0.15, -0.1) is 0 Å². The first-order chi connectivity index (χ1) is 10.2. The molecule has 0 unspecified atom stereocenters. The van der Waals surface area contributed by atoms with Crippen molar-refractivity contribution in [2.75, 3.05) is 17.6 Å². The molecule has 21 heavy (non-hydrogen) atoms. The summed E-state index contributed by atoms with van der Waals surface area (Å²) in [6, 6.07) is 11.9. The fourth-order valence-electron chi connectivity index (χ4n) is 2.72. The molecule has 0 heterocycles. The first kappa shape index (κ1) is 13.5. The summed E-state index contributed by atoms with van der Waals surface area (Å²) in [6.45, 7) is 2.71. The molecular weight excluding hydrogens is 262 g/mol. The van der Waals surface area contributed by atoms with Gasteiger partial charge in [-0.3, -0.25) is 0 Å². The maximum atomic E-state index is 11.7. The Morgan fingerprint density at radius 1 is 1.14 bits per heavy atom. The molecule has 4 N–H and O–H groups in total. The Balaban J connectivity index is 1.80. The molecule has 2 aromatic rings. The number of rotatable bonds is 3. The summed E-state index contributed by atoms with van der Waals surface area (Å²) in [5, 5.41) is 5.68. The molecule has 2 amide bonds. The Morgan fingerprint density at radius 2 is 1.86 bits per heavy atom. The second-order valence-corrected chi connectivity index (χ2v) is 5.35. The van der Waals surface area contributed by atoms with Gasteiger partial charge in [0, 0.05) is 17.9 Å². The second kappa shape index (κ2) is 5.48. The Bertz CT molecular complexity index is 694. The standard InChI is InChI=1S/C17H19N3O/c1-2-7-19-17(21)20-14-4-6-16-12(10-14)8-11-9-13(18)3-5-15(11)16/h3-6,9-10H,2,7-8,18H2,1H3,(H2,19,20,21). The smallest absolute Gasteiger partial charge is 0.319 e. The fraction of sp³-hybridized carbons (Fsp3) is 0.235. The third-order valence-corrected chi connectivity index (χ3v) is 3.70. The number of hydrogen-bond acceptors (Lipinski definition) is 2. The Labute approximate surface area is 124 Å². The van der Waals surface area contributed by atoms with Crippen LogP contribution in [0.2, 0.25) is 0 Å². The molecule has 0 aliphatic heterocycles. The molecule has 4 heteroatoms. The molecule has 3 rings (SSSR count). The maximum absolute atomic E-state index is 11.7. The summed E-state index contributed by atoms with van der Waals surface area (Å²) >= 11 is 0. The highest BCUT2D eigenvalue weighted by Gasteiger charge is 2.18. The van der Waals surface area contributed by atoms with Gasteiger partial charge in [-0.05, 0) is 59.4 Å². The molecule has 0 fully saturated rings. The number of nitrogens with two attached hydrogens (primary N) is 1. The number of anilines is 2. The highest BCUT2D eigenvalue weighted by atomic mass is 16.2. The third kappa shape index (κ3) is 2.70. The van der Waals surface area contributed by atoms with E-state index < -0.39 is 0 Å². The van der Waals surface area contributed by atoms with Crippen LogP contribution in [-0.2, 0) is 6.42 Å². The molecule has 0 aromatic heterocycles. The minimum absolute atomic E-state index is 0.156. The molecule has 1 aliphatic carbocycles. The number of carbonyl (C=O) groups is 1. The van der Waals surface area contributed by atoms with E-state index in [0.29, 0.717) is 6.54 Å². The van der Waals surface area contributed by atoms with Crippen LogP contribution in [0.4, 0.5) is 16.2 Å². The monoisotopic (exact) mass is 281 g/mol. The quantitative estimate of drug-likeness (QED) is 0.644. The largest absolute Gasteiger partial charge is 0.399 e. The van der Waals surface area contributed by atoms with Crippen molar-refractivity contribution in [3.05, 3.63) is 47.5 Å². The van der Waals surface area contributed by atoms with Crippen molar-refractivity contribution >= 4 is 17.4 Å². The third-order valence-electron chi connectivity index (χ3n) is 3.70. The van der Waals surface area contributed by atoms with E-state index in [1.54, 1.807) is 0 Å². The summed E-state index contributed by atoms with van der Waals surface area (Å²) in [6.07, 6.45) is 1.79. The average Bonchev–Trinajstić information content (AvgIpc) is 2.81. The van der Waals surface area contributed by atoms with Crippen LogP contribution in [0.5, 0.6) is 0 Å². The van der Waals surface area contributed by atoms with E-state index >= 15 is 0 Å². The second-order valence-electron chi connectivity index (χ2n) is 5.35. The van der Waals surface area contributed by atoms with Crippen LogP contribution >= 0.6 is 0 Å². The lowest BCUT2D eigenvalue weighted by Crippen LogP contribution is -2.29. The number of amides is 2. The van der Waals surface area contributed by atoms with E-state index in [1.165, 1.54) is 22.3 Å². The number of urea groups is 1. The lowest BCUT2D eigenvalue weighted by Gasteiger charge is -2.08. The van der Waals surface area contributed by atoms with E-state index in [9.17, 15) is 4.79 Å². The molecule has 0 atom stereocenters. The maximum Gasteiger partial charge on any atom is 0.319 e. The number of nitrogens with one attached hydrogen (secondary N) is 2. The van der Waals surface area contributed by atoms with Crippen molar-refractivity contribution in [2.24, 2.45) is 0 Å². The number of hydrogen-bond donors (Lipinski definition) is 3. The highest BCUT2D eigenvalue weighted by molar-refractivity contribution is 5.90. The Kier molecular flexibility index (Phi) is 3.52. The van der Waals surface area contributed by atoms with Gasteiger partial charge in [0.2, 0.25) is 0 Å². The van der Waals surface area contributed by atoms with Crippen LogP contribution in [0.15, 0.2) is 36.4 Å². The van der Waals surface area contributed by atoms with E-state index in [0.717, 1.165) is 24.2 Å². The van der Waals surface area contributed by atoms with Gasteiger partial charge < -0.3 is 16.4 Å². The highest BCUT2D eigenvalue weighted by Crippen LogP contribution is 2.38. The molecule has 0 spiro atoms. The van der Waals surface area contributed by atoms with Crippen molar-refractivity contribution in [2.45, 2.75) is 19.8 Å². The summed E-state index contributed by atoms with van der Waals surface area (Å²) in [7, 11) is 0. The van der Waals surface area contributed by atoms with Gasteiger partial charge in [0.15, 0.2) is 0 Å². The van der Waals surface area contributed by atoms with Crippen molar-refractivity contribution in [3.8, 4) is 11.1 Å². The average molecular weight is 281 g/mol. The number of fused-ring (bicyclic) bond motifs is 3. The predicted molar refractivity (Wildman–Crippen MR) is 86.4 cm³/mol. The SMILES string of the molecule is CCCNC(=O)Nc1ccc2c(c1)Cc1cc(N)ccc1-2. The lowest BCUT2D eigenvalue weighted by atomic mass is 10.1.